The Balaban J connectivity index is 0.000000184. The van der Waals surface area contributed by atoms with Crippen LogP contribution in [-0.2, 0) is 31.1 Å². The van der Waals surface area contributed by atoms with Crippen molar-refractivity contribution in [3.8, 4) is 34.4 Å². The van der Waals surface area contributed by atoms with Crippen LogP contribution in [0.3, 0.4) is 0 Å². The Labute approximate surface area is 325 Å². The molecule has 0 atom stereocenters. The SMILES string of the molecule is CCS(=O)(=O)N1CC(CC#N)(n2cc(-c3ccnc4[nH]ccc34)c(C)n2)C1.CCS(=O)(=O)N1CC(CC#N)(n2cc(-c3ccnc4[nH]ccc34)c(C)n2)C1.Cl. The summed E-state index contributed by atoms with van der Waals surface area (Å²) in [5.74, 6) is 0.114. The molecule has 16 nitrogen and oxygen atoms in total. The highest BCUT2D eigenvalue weighted by Crippen LogP contribution is 2.39. The standard InChI is InChI=1S/2C18H20N6O2S.ClH/c2*1-3-27(25,26)23-11-18(12-23,6-7-19)24-10-16(13(2)22-24)14-4-8-20-17-15(14)5-9-21-17;/h2*4-5,8-10H,3,6,11-12H2,1-2H3,(H,20,21);1H. The third-order valence-electron chi connectivity index (χ3n) is 10.5. The molecule has 0 amide bonds. The fourth-order valence-electron chi connectivity index (χ4n) is 7.28. The molecule has 55 heavy (non-hydrogen) atoms. The van der Waals surface area contributed by atoms with Crippen molar-refractivity contribution in [2.24, 2.45) is 0 Å². The number of halogens is 1. The van der Waals surface area contributed by atoms with Crippen molar-refractivity contribution in [1.82, 2.24) is 48.1 Å². The molecule has 0 saturated carbocycles. The van der Waals surface area contributed by atoms with Crippen LogP contribution in [0.2, 0.25) is 0 Å². The minimum Gasteiger partial charge on any atom is -0.346 e. The van der Waals surface area contributed by atoms with Gasteiger partial charge in [0, 0.05) is 85.3 Å². The van der Waals surface area contributed by atoms with E-state index in [0.717, 1.165) is 55.7 Å². The second kappa shape index (κ2) is 14.9. The highest BCUT2D eigenvalue weighted by Gasteiger charge is 2.51. The molecule has 0 radical (unpaired) electrons. The summed E-state index contributed by atoms with van der Waals surface area (Å²) < 4.78 is 54.9. The molecular formula is C36H41ClN12O4S2. The van der Waals surface area contributed by atoms with Crippen LogP contribution in [0, 0.1) is 36.5 Å². The molecule has 0 bridgehead atoms. The number of hydrogen-bond donors (Lipinski definition) is 2. The van der Waals surface area contributed by atoms with Crippen LogP contribution in [-0.4, -0.2) is 103 Å². The molecule has 6 aromatic heterocycles. The first-order valence-electron chi connectivity index (χ1n) is 17.5. The van der Waals surface area contributed by atoms with E-state index >= 15 is 0 Å². The summed E-state index contributed by atoms with van der Waals surface area (Å²) >= 11 is 0. The Hall–Kier alpha value is -5.11. The van der Waals surface area contributed by atoms with E-state index in [1.807, 2.05) is 62.9 Å². The molecule has 0 spiro atoms. The average molecular weight is 805 g/mol. The molecule has 0 aliphatic carbocycles. The zero-order valence-electron chi connectivity index (χ0n) is 30.8. The van der Waals surface area contributed by atoms with E-state index in [1.54, 1.807) is 35.6 Å². The van der Waals surface area contributed by atoms with Gasteiger partial charge in [0.15, 0.2) is 0 Å². The quantitative estimate of drug-likeness (QED) is 0.199. The monoisotopic (exact) mass is 804 g/mol. The van der Waals surface area contributed by atoms with Crippen LogP contribution in [0.25, 0.3) is 44.3 Å². The molecular weight excluding hydrogens is 764 g/mol. The lowest BCUT2D eigenvalue weighted by Crippen LogP contribution is -2.64. The Morgan fingerprint density at radius 2 is 1.05 bits per heavy atom. The zero-order valence-corrected chi connectivity index (χ0v) is 33.2. The minimum atomic E-state index is -3.27. The van der Waals surface area contributed by atoms with Crippen molar-refractivity contribution in [3.63, 3.8) is 0 Å². The highest BCUT2D eigenvalue weighted by molar-refractivity contribution is 7.89. The molecule has 2 fully saturated rings. The van der Waals surface area contributed by atoms with Gasteiger partial charge in [0.05, 0.1) is 47.9 Å². The van der Waals surface area contributed by atoms with Gasteiger partial charge in [0.25, 0.3) is 0 Å². The Morgan fingerprint density at radius 1 is 0.673 bits per heavy atom. The van der Waals surface area contributed by atoms with Crippen molar-refractivity contribution >= 4 is 54.5 Å². The van der Waals surface area contributed by atoms with Gasteiger partial charge < -0.3 is 9.97 Å². The van der Waals surface area contributed by atoms with Crippen LogP contribution in [0.5, 0.6) is 0 Å². The average Bonchev–Trinajstić information content (AvgIpc) is 3.94. The maximum atomic E-state index is 12.1. The van der Waals surface area contributed by atoms with Crippen LogP contribution in [0.1, 0.15) is 38.1 Å². The van der Waals surface area contributed by atoms with Gasteiger partial charge in [0.1, 0.15) is 22.4 Å². The number of nitrogens with zero attached hydrogens (tertiary/aromatic N) is 10. The smallest absolute Gasteiger partial charge is 0.213 e. The lowest BCUT2D eigenvalue weighted by molar-refractivity contribution is 0.0716. The minimum absolute atomic E-state index is 0. The molecule has 288 valence electrons. The number of hydrogen-bond acceptors (Lipinski definition) is 10. The van der Waals surface area contributed by atoms with Gasteiger partial charge in [-0.1, -0.05) is 0 Å². The second-order valence-electron chi connectivity index (χ2n) is 13.8. The fraction of sp³-hybridized carbons (Fsp3) is 0.389. The molecule has 0 aromatic carbocycles. The highest BCUT2D eigenvalue weighted by atomic mass is 35.5. The third-order valence-corrected chi connectivity index (χ3v) is 14.0. The number of aromatic amines is 2. The second-order valence-corrected chi connectivity index (χ2v) is 18.3. The molecule has 6 aromatic rings. The molecule has 19 heteroatoms. The van der Waals surface area contributed by atoms with Crippen molar-refractivity contribution in [2.45, 2.75) is 51.6 Å². The number of rotatable bonds is 10. The van der Waals surface area contributed by atoms with Gasteiger partial charge in [-0.05, 0) is 63.1 Å². The van der Waals surface area contributed by atoms with Crippen LogP contribution in [0.4, 0.5) is 0 Å². The maximum Gasteiger partial charge on any atom is 0.213 e. The number of nitrogens with one attached hydrogen (secondary N) is 2. The van der Waals surface area contributed by atoms with E-state index in [1.165, 1.54) is 8.61 Å². The predicted octanol–water partition coefficient (Wildman–Crippen LogP) is 4.44. The lowest BCUT2D eigenvalue weighted by Gasteiger charge is -2.47. The fourth-order valence-corrected chi connectivity index (χ4v) is 9.75. The largest absolute Gasteiger partial charge is 0.346 e. The normalized spacial score (nSPS) is 16.6. The number of H-pyrrole nitrogens is 2. The first kappa shape index (κ1) is 39.6. The topological polar surface area (TPSA) is 215 Å². The van der Waals surface area contributed by atoms with Crippen molar-refractivity contribution in [1.29, 1.82) is 10.5 Å². The molecule has 2 N–H and O–H groups in total. The summed E-state index contributed by atoms with van der Waals surface area (Å²) in [5, 5.41) is 29.9. The Kier molecular flexibility index (Phi) is 10.7. The van der Waals surface area contributed by atoms with E-state index in [0.29, 0.717) is 0 Å². The lowest BCUT2D eigenvalue weighted by atomic mass is 9.89. The summed E-state index contributed by atoms with van der Waals surface area (Å²) in [5.41, 5.74) is 5.95. The predicted molar refractivity (Wildman–Crippen MR) is 210 cm³/mol. The first-order chi connectivity index (χ1) is 25.8. The number of nitriles is 2. The van der Waals surface area contributed by atoms with E-state index in [2.05, 4.69) is 42.3 Å². The number of sulfonamides is 2. The number of aryl methyl sites for hydroxylation is 2. The van der Waals surface area contributed by atoms with Crippen LogP contribution < -0.4 is 0 Å². The van der Waals surface area contributed by atoms with Crippen LogP contribution >= 0.6 is 12.4 Å². The van der Waals surface area contributed by atoms with Gasteiger partial charge in [-0.2, -0.15) is 29.3 Å². The van der Waals surface area contributed by atoms with Gasteiger partial charge in [-0.25, -0.2) is 26.8 Å². The van der Waals surface area contributed by atoms with Crippen molar-refractivity contribution < 1.29 is 16.8 Å². The van der Waals surface area contributed by atoms with E-state index in [-0.39, 0.29) is 62.9 Å². The molecule has 8 rings (SSSR count). The van der Waals surface area contributed by atoms with Crippen molar-refractivity contribution in [2.75, 3.05) is 37.7 Å². The third kappa shape index (κ3) is 6.89. The summed E-state index contributed by atoms with van der Waals surface area (Å²) in [4.78, 5) is 14.8. The van der Waals surface area contributed by atoms with Gasteiger partial charge in [-0.15, -0.1) is 12.4 Å². The van der Waals surface area contributed by atoms with Crippen LogP contribution in [0.15, 0.2) is 61.4 Å². The first-order valence-corrected chi connectivity index (χ1v) is 20.7. The molecule has 2 aliphatic heterocycles. The van der Waals surface area contributed by atoms with E-state index < -0.39 is 31.1 Å². The van der Waals surface area contributed by atoms with Gasteiger partial charge >= 0.3 is 0 Å². The Bertz CT molecular complexity index is 2490. The summed E-state index contributed by atoms with van der Waals surface area (Å²) in [7, 11) is -6.53. The van der Waals surface area contributed by atoms with E-state index in [9.17, 15) is 27.4 Å². The summed E-state index contributed by atoms with van der Waals surface area (Å²) in [6.45, 7) is 8.18. The number of fused-ring (bicyclic) bond motifs is 2. The number of aromatic nitrogens is 8. The Morgan fingerprint density at radius 3 is 1.40 bits per heavy atom. The van der Waals surface area contributed by atoms with E-state index in [4.69, 9.17) is 0 Å². The maximum absolute atomic E-state index is 12.1. The molecule has 8 heterocycles. The summed E-state index contributed by atoms with van der Waals surface area (Å²) in [6, 6.07) is 12.2. The molecule has 2 saturated heterocycles. The van der Waals surface area contributed by atoms with Gasteiger partial charge in [0.2, 0.25) is 20.0 Å². The zero-order chi connectivity index (χ0) is 38.5. The number of pyridine rings is 2. The van der Waals surface area contributed by atoms with Gasteiger partial charge in [-0.3, -0.25) is 9.36 Å². The molecule has 2 aliphatic rings. The summed E-state index contributed by atoms with van der Waals surface area (Å²) in [6.07, 6.45) is 11.4. The molecule has 0 unspecified atom stereocenters. The van der Waals surface area contributed by atoms with Crippen molar-refractivity contribution in [3.05, 3.63) is 72.8 Å².